The lowest BCUT2D eigenvalue weighted by Gasteiger charge is -2.22. The molecule has 1 atom stereocenters. The van der Waals surface area contributed by atoms with Crippen molar-refractivity contribution in [2.24, 2.45) is 5.10 Å². The normalized spacial score (nSPS) is 15.3. The number of anilines is 2. The number of thioether (sulfide) groups is 1. The van der Waals surface area contributed by atoms with Crippen molar-refractivity contribution in [1.82, 2.24) is 20.0 Å². The number of ether oxygens (including phenoxy) is 1. The standard InChI is InChI=1S/C25H23N7O2S/c1-34-19-10-8-16(9-11-19)21-13-20(18-7-6-15-4-2-3-5-17(15)12-18)31-32(21)22(33)14-35-25-29-23(26)28-24(27)30-25/h2-12,21H,13-14H2,1H3,(H4,26,27,28,29,30)/t21-/m1/s1. The lowest BCUT2D eigenvalue weighted by Crippen LogP contribution is -2.28. The number of fused-ring (bicyclic) bond motifs is 1. The van der Waals surface area contributed by atoms with Gasteiger partial charge in [-0.2, -0.15) is 20.1 Å². The number of carbonyl (C=O) groups excluding carboxylic acids is 1. The Morgan fingerprint density at radius 2 is 1.71 bits per heavy atom. The third-order valence-electron chi connectivity index (χ3n) is 5.72. The molecule has 2 heterocycles. The third kappa shape index (κ3) is 4.87. The molecule has 0 spiro atoms. The van der Waals surface area contributed by atoms with Gasteiger partial charge in [-0.3, -0.25) is 4.79 Å². The molecule has 0 aliphatic carbocycles. The average molecular weight is 486 g/mol. The number of rotatable bonds is 6. The van der Waals surface area contributed by atoms with Gasteiger partial charge in [0.25, 0.3) is 5.91 Å². The molecule has 1 aliphatic heterocycles. The molecular weight excluding hydrogens is 462 g/mol. The van der Waals surface area contributed by atoms with Gasteiger partial charge in [0, 0.05) is 6.42 Å². The summed E-state index contributed by atoms with van der Waals surface area (Å²) >= 11 is 1.14. The summed E-state index contributed by atoms with van der Waals surface area (Å²) in [6.45, 7) is 0. The zero-order chi connectivity index (χ0) is 24.4. The van der Waals surface area contributed by atoms with Crippen molar-refractivity contribution < 1.29 is 9.53 Å². The first-order valence-electron chi connectivity index (χ1n) is 10.9. The third-order valence-corrected chi connectivity index (χ3v) is 6.56. The first-order chi connectivity index (χ1) is 17.0. The Morgan fingerprint density at radius 3 is 2.43 bits per heavy atom. The minimum absolute atomic E-state index is 0.0151. The van der Waals surface area contributed by atoms with Gasteiger partial charge in [0.2, 0.25) is 11.9 Å². The summed E-state index contributed by atoms with van der Waals surface area (Å²) in [6, 6.07) is 21.8. The lowest BCUT2D eigenvalue weighted by molar-refractivity contribution is -0.130. The molecule has 4 aromatic rings. The quantitative estimate of drug-likeness (QED) is 0.395. The summed E-state index contributed by atoms with van der Waals surface area (Å²) < 4.78 is 5.29. The Morgan fingerprint density at radius 1 is 1.00 bits per heavy atom. The Kier molecular flexibility index (Phi) is 6.19. The fourth-order valence-electron chi connectivity index (χ4n) is 4.01. The molecule has 0 saturated heterocycles. The molecule has 3 aromatic carbocycles. The van der Waals surface area contributed by atoms with Crippen LogP contribution in [0.15, 0.2) is 77.0 Å². The minimum Gasteiger partial charge on any atom is -0.497 e. The van der Waals surface area contributed by atoms with Crippen LogP contribution >= 0.6 is 11.8 Å². The molecule has 5 rings (SSSR count). The second kappa shape index (κ2) is 9.59. The summed E-state index contributed by atoms with van der Waals surface area (Å²) in [5, 5.41) is 8.89. The minimum atomic E-state index is -0.246. The van der Waals surface area contributed by atoms with E-state index in [4.69, 9.17) is 21.3 Å². The molecule has 0 fully saturated rings. The predicted octanol–water partition coefficient (Wildman–Crippen LogP) is 3.67. The molecule has 35 heavy (non-hydrogen) atoms. The monoisotopic (exact) mass is 485 g/mol. The van der Waals surface area contributed by atoms with Crippen molar-refractivity contribution in [3.63, 3.8) is 0 Å². The average Bonchev–Trinajstić information content (AvgIpc) is 3.32. The van der Waals surface area contributed by atoms with Crippen LogP contribution in [-0.4, -0.2) is 44.4 Å². The molecule has 0 unspecified atom stereocenters. The van der Waals surface area contributed by atoms with Crippen LogP contribution in [0.25, 0.3) is 10.8 Å². The van der Waals surface area contributed by atoms with Crippen molar-refractivity contribution in [2.45, 2.75) is 17.6 Å². The van der Waals surface area contributed by atoms with Gasteiger partial charge in [0.05, 0.1) is 24.6 Å². The molecule has 10 heteroatoms. The van der Waals surface area contributed by atoms with E-state index in [0.29, 0.717) is 11.6 Å². The van der Waals surface area contributed by atoms with Gasteiger partial charge in [-0.15, -0.1) is 0 Å². The number of hydrazone groups is 1. The van der Waals surface area contributed by atoms with E-state index < -0.39 is 0 Å². The van der Waals surface area contributed by atoms with Crippen molar-refractivity contribution in [2.75, 3.05) is 24.3 Å². The van der Waals surface area contributed by atoms with Crippen LogP contribution in [0, 0.1) is 0 Å². The fourth-order valence-corrected chi connectivity index (χ4v) is 4.72. The first kappa shape index (κ1) is 22.6. The van der Waals surface area contributed by atoms with Crippen LogP contribution in [0.2, 0.25) is 0 Å². The van der Waals surface area contributed by atoms with Crippen molar-refractivity contribution >= 4 is 46.0 Å². The summed E-state index contributed by atoms with van der Waals surface area (Å²) in [5.74, 6) is 0.678. The molecule has 9 nitrogen and oxygen atoms in total. The molecule has 0 bridgehead atoms. The first-order valence-corrected chi connectivity index (χ1v) is 11.9. The Hall–Kier alpha value is -4.18. The van der Waals surface area contributed by atoms with Crippen molar-refractivity contribution in [1.29, 1.82) is 0 Å². The van der Waals surface area contributed by atoms with E-state index >= 15 is 0 Å². The number of nitrogens with two attached hydrogens (primary N) is 2. The number of hydrogen-bond acceptors (Lipinski definition) is 9. The number of nitrogens with zero attached hydrogens (tertiary/aromatic N) is 5. The molecule has 1 amide bonds. The van der Waals surface area contributed by atoms with Gasteiger partial charge in [-0.05, 0) is 40.1 Å². The maximum Gasteiger partial charge on any atom is 0.253 e. The maximum atomic E-state index is 13.3. The zero-order valence-electron chi connectivity index (χ0n) is 19.0. The maximum absolute atomic E-state index is 13.3. The predicted molar refractivity (Wildman–Crippen MR) is 137 cm³/mol. The largest absolute Gasteiger partial charge is 0.497 e. The molecular formula is C25H23N7O2S. The van der Waals surface area contributed by atoms with E-state index in [9.17, 15) is 4.79 Å². The van der Waals surface area contributed by atoms with Gasteiger partial charge in [0.1, 0.15) is 5.75 Å². The number of carbonyl (C=O) groups is 1. The summed E-state index contributed by atoms with van der Waals surface area (Å²) in [5.41, 5.74) is 14.1. The number of aromatic nitrogens is 3. The van der Waals surface area contributed by atoms with Crippen molar-refractivity contribution in [3.05, 3.63) is 77.9 Å². The molecule has 1 aromatic heterocycles. The number of nitrogen functional groups attached to an aromatic ring is 2. The second-order valence-electron chi connectivity index (χ2n) is 7.96. The summed E-state index contributed by atoms with van der Waals surface area (Å²) in [6.07, 6.45) is 0.590. The second-order valence-corrected chi connectivity index (χ2v) is 8.91. The van der Waals surface area contributed by atoms with Gasteiger partial charge < -0.3 is 16.2 Å². The summed E-state index contributed by atoms with van der Waals surface area (Å²) in [7, 11) is 1.62. The van der Waals surface area contributed by atoms with Crippen LogP contribution in [0.1, 0.15) is 23.6 Å². The Labute approximate surface area is 206 Å². The molecule has 0 saturated carbocycles. The van der Waals surface area contributed by atoms with Crippen LogP contribution in [-0.2, 0) is 4.79 Å². The highest BCUT2D eigenvalue weighted by atomic mass is 32.2. The molecule has 1 aliphatic rings. The molecule has 0 radical (unpaired) electrons. The topological polar surface area (TPSA) is 133 Å². The van der Waals surface area contributed by atoms with Crippen LogP contribution in [0.4, 0.5) is 11.9 Å². The fraction of sp³-hybridized carbons (Fsp3) is 0.160. The van der Waals surface area contributed by atoms with E-state index in [2.05, 4.69) is 39.2 Å². The highest BCUT2D eigenvalue weighted by Gasteiger charge is 2.33. The van der Waals surface area contributed by atoms with E-state index in [1.54, 1.807) is 12.1 Å². The van der Waals surface area contributed by atoms with Crippen molar-refractivity contribution in [3.8, 4) is 5.75 Å². The smallest absolute Gasteiger partial charge is 0.253 e. The van der Waals surface area contributed by atoms with E-state index in [1.807, 2.05) is 42.5 Å². The van der Waals surface area contributed by atoms with Crippen LogP contribution < -0.4 is 16.2 Å². The van der Waals surface area contributed by atoms with Gasteiger partial charge >= 0.3 is 0 Å². The van der Waals surface area contributed by atoms with Gasteiger partial charge in [0.15, 0.2) is 5.16 Å². The SMILES string of the molecule is COc1ccc([C@H]2CC(c3ccc4ccccc4c3)=NN2C(=O)CSc2nc(N)nc(N)n2)cc1. The number of methoxy groups -OCH3 is 1. The molecule has 4 N–H and O–H groups in total. The number of benzene rings is 3. The Balaban J connectivity index is 1.44. The highest BCUT2D eigenvalue weighted by Crippen LogP contribution is 2.35. The van der Waals surface area contributed by atoms with E-state index in [0.717, 1.165) is 45.1 Å². The van der Waals surface area contributed by atoms with Crippen LogP contribution in [0.3, 0.4) is 0 Å². The number of amides is 1. The van der Waals surface area contributed by atoms with Crippen LogP contribution in [0.5, 0.6) is 5.75 Å². The molecule has 176 valence electrons. The summed E-state index contributed by atoms with van der Waals surface area (Å²) in [4.78, 5) is 25.2. The van der Waals surface area contributed by atoms with Gasteiger partial charge in [-0.25, -0.2) is 5.01 Å². The Bertz CT molecular complexity index is 1410. The van der Waals surface area contributed by atoms with E-state index in [1.165, 1.54) is 0 Å². The number of hydrogen-bond donors (Lipinski definition) is 2. The zero-order valence-corrected chi connectivity index (χ0v) is 19.8. The highest BCUT2D eigenvalue weighted by molar-refractivity contribution is 7.99. The lowest BCUT2D eigenvalue weighted by atomic mass is 9.97. The van der Waals surface area contributed by atoms with E-state index in [-0.39, 0.29) is 29.6 Å². The van der Waals surface area contributed by atoms with Gasteiger partial charge in [-0.1, -0.05) is 60.3 Å².